The zero-order chi connectivity index (χ0) is 20.5. The zero-order valence-electron chi connectivity index (χ0n) is 16.8. The van der Waals surface area contributed by atoms with Crippen molar-refractivity contribution in [2.75, 3.05) is 30.4 Å². The van der Waals surface area contributed by atoms with Gasteiger partial charge in [0.25, 0.3) is 0 Å². The molecule has 0 radical (unpaired) electrons. The number of aryl methyl sites for hydroxylation is 1. The third kappa shape index (κ3) is 6.09. The number of ether oxygens (including phenoxy) is 1. The number of anilines is 2. The van der Waals surface area contributed by atoms with Gasteiger partial charge in [0.1, 0.15) is 5.75 Å². The molecule has 0 aliphatic heterocycles. The summed E-state index contributed by atoms with van der Waals surface area (Å²) in [5.74, 6) is 0.486. The molecular formula is C22H27N3O2S. The minimum Gasteiger partial charge on any atom is -0.497 e. The molecule has 6 heteroatoms. The lowest BCUT2D eigenvalue weighted by molar-refractivity contribution is -0.115. The van der Waals surface area contributed by atoms with E-state index >= 15 is 0 Å². The van der Waals surface area contributed by atoms with Crippen LogP contribution in [-0.4, -0.2) is 31.2 Å². The molecule has 0 unspecified atom stereocenters. The van der Waals surface area contributed by atoms with E-state index in [4.69, 9.17) is 17.0 Å². The number of carbonyl (C=O) groups excluding carboxylic acids is 1. The van der Waals surface area contributed by atoms with E-state index in [2.05, 4.69) is 41.5 Å². The van der Waals surface area contributed by atoms with Gasteiger partial charge in [-0.2, -0.15) is 0 Å². The van der Waals surface area contributed by atoms with Gasteiger partial charge in [-0.3, -0.25) is 10.1 Å². The van der Waals surface area contributed by atoms with Gasteiger partial charge in [0.15, 0.2) is 5.11 Å². The molecular weight excluding hydrogens is 370 g/mol. The van der Waals surface area contributed by atoms with Crippen molar-refractivity contribution in [3.8, 4) is 5.75 Å². The second kappa shape index (κ2) is 10.5. The molecule has 0 aliphatic carbocycles. The molecule has 2 rings (SSSR count). The average molecular weight is 398 g/mol. The number of rotatable bonds is 7. The lowest BCUT2D eigenvalue weighted by Crippen LogP contribution is -2.33. The first kappa shape index (κ1) is 21.4. The second-order valence-electron chi connectivity index (χ2n) is 6.22. The number of hydrogen-bond acceptors (Lipinski definition) is 4. The highest BCUT2D eigenvalue weighted by Crippen LogP contribution is 2.22. The highest BCUT2D eigenvalue weighted by molar-refractivity contribution is 7.80. The average Bonchev–Trinajstić information content (AvgIpc) is 2.69. The molecule has 0 spiro atoms. The minimum atomic E-state index is -0.286. The van der Waals surface area contributed by atoms with Gasteiger partial charge in [-0.25, -0.2) is 0 Å². The van der Waals surface area contributed by atoms with Gasteiger partial charge in [0.2, 0.25) is 5.91 Å². The Morgan fingerprint density at radius 2 is 1.82 bits per heavy atom. The lowest BCUT2D eigenvalue weighted by atomic mass is 10.1. The van der Waals surface area contributed by atoms with Crippen LogP contribution in [0.15, 0.2) is 48.5 Å². The van der Waals surface area contributed by atoms with Crippen LogP contribution in [0.3, 0.4) is 0 Å². The summed E-state index contributed by atoms with van der Waals surface area (Å²) in [5, 5.41) is 6.02. The highest BCUT2D eigenvalue weighted by atomic mass is 32.1. The van der Waals surface area contributed by atoms with Gasteiger partial charge in [-0.05, 0) is 80.5 Å². The number of benzene rings is 2. The Labute approximate surface area is 172 Å². The first-order valence-corrected chi connectivity index (χ1v) is 9.67. The van der Waals surface area contributed by atoms with Crippen molar-refractivity contribution >= 4 is 40.7 Å². The molecule has 2 aromatic carbocycles. The molecule has 0 atom stereocenters. The van der Waals surface area contributed by atoms with E-state index in [-0.39, 0.29) is 11.0 Å². The molecule has 0 saturated heterocycles. The van der Waals surface area contributed by atoms with E-state index in [9.17, 15) is 4.79 Å². The van der Waals surface area contributed by atoms with Crippen molar-refractivity contribution in [2.45, 2.75) is 20.8 Å². The number of thiocarbonyl (C=S) groups is 1. The Balaban J connectivity index is 1.93. The van der Waals surface area contributed by atoms with E-state index in [0.29, 0.717) is 0 Å². The number of nitrogens with one attached hydrogen (secondary N) is 2. The summed E-state index contributed by atoms with van der Waals surface area (Å²) in [4.78, 5) is 14.4. The maximum atomic E-state index is 12.1. The van der Waals surface area contributed by atoms with Gasteiger partial charge >= 0.3 is 0 Å². The molecule has 0 aromatic heterocycles. The summed E-state index contributed by atoms with van der Waals surface area (Å²) in [6.07, 6.45) is 3.17. The molecule has 0 bridgehead atoms. The summed E-state index contributed by atoms with van der Waals surface area (Å²) in [7, 11) is 1.62. The molecule has 0 aliphatic rings. The summed E-state index contributed by atoms with van der Waals surface area (Å²) in [5.41, 5.74) is 4.01. The maximum Gasteiger partial charge on any atom is 0.250 e. The molecule has 0 saturated carbocycles. The van der Waals surface area contributed by atoms with E-state index in [1.54, 1.807) is 13.2 Å². The Bertz CT molecular complexity index is 843. The van der Waals surface area contributed by atoms with E-state index in [1.807, 2.05) is 37.3 Å². The van der Waals surface area contributed by atoms with Crippen molar-refractivity contribution in [3.05, 3.63) is 59.7 Å². The fraction of sp³-hybridized carbons (Fsp3) is 0.273. The van der Waals surface area contributed by atoms with E-state index in [1.165, 1.54) is 11.8 Å². The van der Waals surface area contributed by atoms with Crippen LogP contribution >= 0.6 is 12.2 Å². The molecule has 2 aromatic rings. The van der Waals surface area contributed by atoms with Crippen molar-refractivity contribution in [3.63, 3.8) is 0 Å². The molecule has 0 heterocycles. The quantitative estimate of drug-likeness (QED) is 0.537. The molecule has 148 valence electrons. The predicted molar refractivity (Wildman–Crippen MR) is 121 cm³/mol. The number of nitrogens with zero attached hydrogens (tertiary/aromatic N) is 1. The highest BCUT2D eigenvalue weighted by Gasteiger charge is 2.07. The van der Waals surface area contributed by atoms with Crippen LogP contribution in [0.4, 0.5) is 11.4 Å². The molecule has 0 fully saturated rings. The van der Waals surface area contributed by atoms with Crippen LogP contribution in [0.5, 0.6) is 5.75 Å². The Kier molecular flexibility index (Phi) is 8.02. The summed E-state index contributed by atoms with van der Waals surface area (Å²) < 4.78 is 5.12. The van der Waals surface area contributed by atoms with Crippen LogP contribution in [0, 0.1) is 6.92 Å². The number of amides is 1. The van der Waals surface area contributed by atoms with Crippen LogP contribution < -0.4 is 20.3 Å². The third-order valence-corrected chi connectivity index (χ3v) is 4.57. The zero-order valence-corrected chi connectivity index (χ0v) is 17.6. The van der Waals surface area contributed by atoms with Gasteiger partial charge in [-0.1, -0.05) is 12.1 Å². The summed E-state index contributed by atoms with van der Waals surface area (Å²) in [6, 6.07) is 13.6. The number of carbonyl (C=O) groups is 1. The number of methoxy groups -OCH3 is 1. The van der Waals surface area contributed by atoms with Crippen molar-refractivity contribution in [1.29, 1.82) is 0 Å². The standard InChI is InChI=1S/C22H27N3O2S/c1-5-25(6-2)18-10-13-20(16(3)15-18)23-22(28)24-21(26)14-9-17-7-11-19(27-4)12-8-17/h7-15H,5-6H2,1-4H3,(H2,23,24,26,28)/b14-9+. The Hall–Kier alpha value is -2.86. The lowest BCUT2D eigenvalue weighted by Gasteiger charge is -2.22. The smallest absolute Gasteiger partial charge is 0.250 e. The van der Waals surface area contributed by atoms with Crippen LogP contribution in [0.1, 0.15) is 25.0 Å². The Morgan fingerprint density at radius 1 is 1.14 bits per heavy atom. The Morgan fingerprint density at radius 3 is 2.39 bits per heavy atom. The van der Waals surface area contributed by atoms with Gasteiger partial charge in [0.05, 0.1) is 7.11 Å². The molecule has 1 amide bonds. The summed E-state index contributed by atoms with van der Waals surface area (Å²) in [6.45, 7) is 8.20. The van der Waals surface area contributed by atoms with Gasteiger partial charge in [0, 0.05) is 30.5 Å². The van der Waals surface area contributed by atoms with Crippen LogP contribution in [-0.2, 0) is 4.79 Å². The predicted octanol–water partition coefficient (Wildman–Crippen LogP) is 4.38. The molecule has 2 N–H and O–H groups in total. The van der Waals surface area contributed by atoms with Crippen molar-refractivity contribution in [2.24, 2.45) is 0 Å². The van der Waals surface area contributed by atoms with Crippen LogP contribution in [0.25, 0.3) is 6.08 Å². The number of hydrogen-bond donors (Lipinski definition) is 2. The molecule has 28 heavy (non-hydrogen) atoms. The minimum absolute atomic E-state index is 0.267. The van der Waals surface area contributed by atoms with Gasteiger partial charge in [-0.15, -0.1) is 0 Å². The summed E-state index contributed by atoms with van der Waals surface area (Å²) >= 11 is 5.26. The second-order valence-corrected chi connectivity index (χ2v) is 6.63. The fourth-order valence-electron chi connectivity index (χ4n) is 2.77. The topological polar surface area (TPSA) is 53.6 Å². The van der Waals surface area contributed by atoms with E-state index < -0.39 is 0 Å². The van der Waals surface area contributed by atoms with E-state index in [0.717, 1.165) is 35.7 Å². The van der Waals surface area contributed by atoms with Crippen LogP contribution in [0.2, 0.25) is 0 Å². The largest absolute Gasteiger partial charge is 0.497 e. The normalized spacial score (nSPS) is 10.6. The molecule has 5 nitrogen and oxygen atoms in total. The monoisotopic (exact) mass is 397 g/mol. The first-order valence-electron chi connectivity index (χ1n) is 9.26. The van der Waals surface area contributed by atoms with Crippen molar-refractivity contribution < 1.29 is 9.53 Å². The maximum absolute atomic E-state index is 12.1. The first-order chi connectivity index (χ1) is 13.5. The van der Waals surface area contributed by atoms with Crippen molar-refractivity contribution in [1.82, 2.24) is 5.32 Å². The van der Waals surface area contributed by atoms with Gasteiger partial charge < -0.3 is 15.0 Å². The third-order valence-electron chi connectivity index (χ3n) is 4.37. The fourth-order valence-corrected chi connectivity index (χ4v) is 2.98. The SMILES string of the molecule is CCN(CC)c1ccc(NC(=S)NC(=O)/C=C/c2ccc(OC)cc2)c(C)c1.